The molecule has 3 amide bonds. The number of carbonyl (C=O) groups excluding carboxylic acids is 3. The number of nitrogens with zero attached hydrogens (tertiary/aromatic N) is 5. The van der Waals surface area contributed by atoms with Gasteiger partial charge < -0.3 is 34.7 Å². The van der Waals surface area contributed by atoms with Gasteiger partial charge in [0.05, 0.1) is 28.8 Å². The number of carboxylic acids is 1. The number of aromatic nitrogens is 4. The summed E-state index contributed by atoms with van der Waals surface area (Å²) in [5.41, 5.74) is 0.357. The van der Waals surface area contributed by atoms with Crippen molar-refractivity contribution in [2.75, 3.05) is 6.54 Å². The molecule has 278 valence electrons. The number of nitrogens with one attached hydrogen (secondary N) is 2. The molecule has 2 fully saturated rings. The quantitative estimate of drug-likeness (QED) is 0.221. The van der Waals surface area contributed by atoms with Gasteiger partial charge in [0.1, 0.15) is 35.0 Å². The van der Waals surface area contributed by atoms with E-state index in [0.717, 1.165) is 29.8 Å². The van der Waals surface area contributed by atoms with Crippen LogP contribution in [0.3, 0.4) is 0 Å². The van der Waals surface area contributed by atoms with Crippen molar-refractivity contribution in [2.24, 2.45) is 5.92 Å². The van der Waals surface area contributed by atoms with Crippen LogP contribution in [0.2, 0.25) is 0 Å². The molecular weight excluding hydrogens is 699 g/mol. The topological polar surface area (TPSA) is 178 Å². The molecule has 0 bridgehead atoms. The van der Waals surface area contributed by atoms with E-state index in [-0.39, 0.29) is 31.2 Å². The van der Waals surface area contributed by atoms with Crippen LogP contribution in [-0.2, 0) is 19.1 Å². The van der Waals surface area contributed by atoms with Crippen molar-refractivity contribution in [3.63, 3.8) is 0 Å². The Morgan fingerprint density at radius 2 is 1.96 bits per heavy atom. The van der Waals surface area contributed by atoms with Crippen LogP contribution < -0.4 is 15.4 Å². The number of benzene rings is 1. The van der Waals surface area contributed by atoms with E-state index in [9.17, 15) is 24.3 Å². The van der Waals surface area contributed by atoms with E-state index in [1.54, 1.807) is 33.3 Å². The van der Waals surface area contributed by atoms with Crippen molar-refractivity contribution in [3.05, 3.63) is 66.6 Å². The van der Waals surface area contributed by atoms with Crippen molar-refractivity contribution in [1.29, 1.82) is 0 Å². The van der Waals surface area contributed by atoms with Gasteiger partial charge in [0.25, 0.3) is 0 Å². The Morgan fingerprint density at radius 1 is 1.11 bits per heavy atom. The lowest BCUT2D eigenvalue weighted by molar-refractivity contribution is -0.145. The molecule has 15 heteroatoms. The molecule has 5 heterocycles. The molecule has 5 atom stereocenters. The number of fused-ring (bicyclic) bond motifs is 3. The third-order valence-corrected chi connectivity index (χ3v) is 10.6. The maximum absolute atomic E-state index is 14.4. The molecule has 3 aromatic heterocycles. The van der Waals surface area contributed by atoms with Gasteiger partial charge in [-0.3, -0.25) is 9.59 Å². The molecule has 7 rings (SSSR count). The monoisotopic (exact) mass is 741 g/mol. The summed E-state index contributed by atoms with van der Waals surface area (Å²) in [4.78, 5) is 70.2. The van der Waals surface area contributed by atoms with Crippen LogP contribution in [0.25, 0.3) is 27.3 Å². The maximum atomic E-state index is 14.4. The summed E-state index contributed by atoms with van der Waals surface area (Å²) >= 11 is 1.48. The van der Waals surface area contributed by atoms with Crippen molar-refractivity contribution < 1.29 is 33.8 Å². The van der Waals surface area contributed by atoms with Crippen LogP contribution in [0.15, 0.2) is 66.6 Å². The summed E-state index contributed by atoms with van der Waals surface area (Å²) in [5, 5.41) is 17.7. The van der Waals surface area contributed by atoms with Crippen LogP contribution in [0, 0.1) is 5.92 Å². The number of amides is 3. The zero-order valence-corrected chi connectivity index (χ0v) is 30.7. The molecule has 1 saturated carbocycles. The lowest BCUT2D eigenvalue weighted by Gasteiger charge is -2.30. The van der Waals surface area contributed by atoms with E-state index in [4.69, 9.17) is 19.4 Å². The minimum atomic E-state index is -1.46. The highest BCUT2D eigenvalue weighted by Gasteiger charge is 2.61. The molecule has 3 unspecified atom stereocenters. The number of aliphatic carboxylic acids is 1. The van der Waals surface area contributed by atoms with Crippen LogP contribution in [0.1, 0.15) is 65.7 Å². The number of rotatable bonds is 6. The molecule has 1 aliphatic carbocycles. The Hall–Kier alpha value is -5.31. The van der Waals surface area contributed by atoms with Gasteiger partial charge in [0.15, 0.2) is 0 Å². The van der Waals surface area contributed by atoms with Crippen molar-refractivity contribution in [1.82, 2.24) is 35.1 Å². The van der Waals surface area contributed by atoms with Gasteiger partial charge in [-0.25, -0.2) is 24.5 Å². The average Bonchev–Trinajstić information content (AvgIpc) is 3.62. The lowest BCUT2D eigenvalue weighted by Crippen LogP contribution is -2.56. The number of hydrogen-bond acceptors (Lipinski definition) is 10. The number of imidazole rings is 1. The van der Waals surface area contributed by atoms with Gasteiger partial charge in [-0.1, -0.05) is 31.1 Å². The molecule has 3 aliphatic rings. The Morgan fingerprint density at radius 3 is 2.70 bits per heavy atom. The minimum Gasteiger partial charge on any atom is -0.479 e. The first-order valence-corrected chi connectivity index (χ1v) is 18.8. The fourth-order valence-electron chi connectivity index (χ4n) is 7.01. The minimum absolute atomic E-state index is 0.00398. The predicted octanol–water partition coefficient (Wildman–Crippen LogP) is 5.27. The van der Waals surface area contributed by atoms with E-state index in [1.165, 1.54) is 16.2 Å². The molecule has 2 aliphatic heterocycles. The van der Waals surface area contributed by atoms with Crippen molar-refractivity contribution in [3.8, 4) is 22.1 Å². The zero-order valence-electron chi connectivity index (χ0n) is 29.9. The summed E-state index contributed by atoms with van der Waals surface area (Å²) in [7, 11) is 0. The standard InChI is InChI=1S/C38H43N7O7S/c1-37(2,3)52-36(50)42-27-11-8-6-4-5-7-10-23-20-38(23,35(48)49)43-32(46)29-19-25(21-45(29)34(27)47)51-33-31(30-12-9-17-53-30)40-28-18-24(13-14-26(28)41-33)44-16-15-39-22-44/h7,9-10,12-18,22-23,25,27,29H,4-6,8,11,19-21H2,1-3H3,(H,42,50)(H,43,46)(H,48,49)/b10-7-/t23?,25-,27-,29?,38?/m1/s1. The summed E-state index contributed by atoms with van der Waals surface area (Å²) < 4.78 is 13.9. The first-order valence-electron chi connectivity index (χ1n) is 17.9. The van der Waals surface area contributed by atoms with Gasteiger partial charge >= 0.3 is 12.1 Å². The normalized spacial score (nSPS) is 25.7. The van der Waals surface area contributed by atoms with Crippen LogP contribution in [-0.4, -0.2) is 89.3 Å². The predicted molar refractivity (Wildman–Crippen MR) is 197 cm³/mol. The first kappa shape index (κ1) is 36.1. The highest BCUT2D eigenvalue weighted by molar-refractivity contribution is 7.13. The number of allylic oxidation sites excluding steroid dienone is 1. The fraction of sp³-hybridized carbons (Fsp3) is 0.447. The van der Waals surface area contributed by atoms with Crippen molar-refractivity contribution >= 4 is 46.2 Å². The largest absolute Gasteiger partial charge is 0.479 e. The number of ether oxygens (including phenoxy) is 2. The first-order chi connectivity index (χ1) is 25.4. The smallest absolute Gasteiger partial charge is 0.408 e. The highest BCUT2D eigenvalue weighted by atomic mass is 32.1. The summed E-state index contributed by atoms with van der Waals surface area (Å²) in [5.74, 6) is -2.30. The maximum Gasteiger partial charge on any atom is 0.408 e. The van der Waals surface area contributed by atoms with E-state index in [1.807, 2.05) is 58.6 Å². The van der Waals surface area contributed by atoms with Crippen molar-refractivity contribution in [2.45, 2.75) is 95.0 Å². The summed E-state index contributed by atoms with van der Waals surface area (Å²) in [6.07, 6.45) is 11.3. The van der Waals surface area contributed by atoms with Crippen LogP contribution in [0.5, 0.6) is 5.88 Å². The Balaban J connectivity index is 1.21. The van der Waals surface area contributed by atoms with Crippen LogP contribution in [0.4, 0.5) is 4.79 Å². The molecule has 3 N–H and O–H groups in total. The molecule has 4 aromatic rings. The lowest BCUT2D eigenvalue weighted by atomic mass is 10.0. The molecule has 1 saturated heterocycles. The van der Waals surface area contributed by atoms with E-state index in [2.05, 4.69) is 15.6 Å². The molecule has 0 spiro atoms. The third kappa shape index (κ3) is 7.89. The zero-order chi connectivity index (χ0) is 37.3. The Labute approximate surface area is 310 Å². The number of carboxylic acid groups (broad SMARTS) is 1. The van der Waals surface area contributed by atoms with E-state index in [0.29, 0.717) is 29.6 Å². The number of carbonyl (C=O) groups is 4. The van der Waals surface area contributed by atoms with Gasteiger partial charge in [-0.05, 0) is 76.1 Å². The second-order valence-electron chi connectivity index (χ2n) is 14.8. The average molecular weight is 742 g/mol. The highest BCUT2D eigenvalue weighted by Crippen LogP contribution is 2.45. The number of alkyl carbamates (subject to hydrolysis) is 1. The van der Waals surface area contributed by atoms with E-state index < -0.39 is 53.2 Å². The van der Waals surface area contributed by atoms with E-state index >= 15 is 0 Å². The number of thiophene rings is 1. The van der Waals surface area contributed by atoms with Crippen LogP contribution >= 0.6 is 11.3 Å². The summed E-state index contributed by atoms with van der Waals surface area (Å²) in [6, 6.07) is 7.43. The molecule has 0 radical (unpaired) electrons. The van der Waals surface area contributed by atoms with Gasteiger partial charge in [-0.15, -0.1) is 11.3 Å². The third-order valence-electron chi connectivity index (χ3n) is 9.76. The Bertz CT molecular complexity index is 2030. The molecule has 1 aromatic carbocycles. The number of hydrogen-bond donors (Lipinski definition) is 3. The Kier molecular flexibility index (Phi) is 9.94. The van der Waals surface area contributed by atoms with Gasteiger partial charge in [-0.2, -0.15) is 0 Å². The fourth-order valence-corrected chi connectivity index (χ4v) is 7.72. The van der Waals surface area contributed by atoms with Gasteiger partial charge in [0, 0.05) is 30.4 Å². The second-order valence-corrected chi connectivity index (χ2v) is 15.8. The molecular formula is C38H43N7O7S. The SMILES string of the molecule is CC(C)(C)OC(=O)N[C@@H]1CCCCC/C=C\C2CC2(C(=O)O)NC(=O)C2C[C@@H](Oc3nc4ccc(-n5ccnc5)cc4nc3-c3cccs3)CN2C1=O. The molecule has 14 nitrogen and oxygen atoms in total. The molecule has 53 heavy (non-hydrogen) atoms. The van der Waals surface area contributed by atoms with Gasteiger partial charge in [0.2, 0.25) is 17.7 Å². The second kappa shape index (κ2) is 14.6. The summed E-state index contributed by atoms with van der Waals surface area (Å²) in [6.45, 7) is 5.21.